The quantitative estimate of drug-likeness (QED) is 0.466. The second kappa shape index (κ2) is 9.93. The summed E-state index contributed by atoms with van der Waals surface area (Å²) in [4.78, 5) is 14.0. The third kappa shape index (κ3) is 4.68. The SMILES string of the molecule is CCCC/C=C/c1nc(C#CCCCCCC)c2ncn([C@H]3[C@H](O)[C@H](O)[C@@H]4C[C@@H]43)c2n1. The van der Waals surface area contributed by atoms with Gasteiger partial charge in [0.15, 0.2) is 11.5 Å². The first kappa shape index (κ1) is 22.0. The van der Waals surface area contributed by atoms with Gasteiger partial charge in [0.2, 0.25) is 0 Å². The lowest BCUT2D eigenvalue weighted by atomic mass is 10.1. The Bertz CT molecular complexity index is 987. The van der Waals surface area contributed by atoms with Gasteiger partial charge in [-0.2, -0.15) is 0 Å². The van der Waals surface area contributed by atoms with Gasteiger partial charge < -0.3 is 14.8 Å². The average molecular weight is 423 g/mol. The number of unbranched alkanes of at least 4 members (excludes halogenated alkanes) is 6. The van der Waals surface area contributed by atoms with E-state index in [9.17, 15) is 10.2 Å². The molecule has 2 aliphatic carbocycles. The van der Waals surface area contributed by atoms with Crippen molar-refractivity contribution in [2.75, 3.05) is 0 Å². The Morgan fingerprint density at radius 1 is 1.06 bits per heavy atom. The molecule has 2 N–H and O–H groups in total. The minimum absolute atomic E-state index is 0.188. The molecule has 0 amide bonds. The van der Waals surface area contributed by atoms with Crippen LogP contribution in [0.1, 0.15) is 89.2 Å². The van der Waals surface area contributed by atoms with Crippen LogP contribution >= 0.6 is 0 Å². The van der Waals surface area contributed by atoms with E-state index in [1.807, 2.05) is 10.6 Å². The molecule has 2 heterocycles. The Morgan fingerprint density at radius 2 is 1.90 bits per heavy atom. The van der Waals surface area contributed by atoms with Crippen LogP contribution in [0, 0.1) is 23.7 Å². The largest absolute Gasteiger partial charge is 0.390 e. The van der Waals surface area contributed by atoms with Crippen molar-refractivity contribution >= 4 is 17.2 Å². The van der Waals surface area contributed by atoms with Gasteiger partial charge in [-0.05, 0) is 43.1 Å². The highest BCUT2D eigenvalue weighted by molar-refractivity contribution is 5.78. The molecular formula is C25H34N4O2. The van der Waals surface area contributed by atoms with Crippen molar-refractivity contribution in [3.63, 3.8) is 0 Å². The molecule has 6 heteroatoms. The molecule has 6 nitrogen and oxygen atoms in total. The van der Waals surface area contributed by atoms with Gasteiger partial charge in [0.05, 0.1) is 18.5 Å². The Balaban J connectivity index is 1.64. The van der Waals surface area contributed by atoms with Gasteiger partial charge >= 0.3 is 0 Å². The standard InChI is InChI=1S/C25H34N4O2/c1-3-5-7-9-10-11-13-19-21-25(28-20(27-19)14-12-8-6-4-2)29(16-26-21)22-17-15-18(17)23(30)24(22)31/h12,14,16-18,22-24,30-31H,3-10,15H2,1-2H3/b14-12+/t17-,18+,22+,23+,24-/m0/s1. The second-order valence-electron chi connectivity index (χ2n) is 8.95. The molecule has 2 fully saturated rings. The van der Waals surface area contributed by atoms with Crippen molar-refractivity contribution < 1.29 is 10.2 Å². The van der Waals surface area contributed by atoms with E-state index in [4.69, 9.17) is 4.98 Å². The molecule has 0 unspecified atom stereocenters. The van der Waals surface area contributed by atoms with Crippen LogP contribution in [0.25, 0.3) is 17.2 Å². The lowest BCUT2D eigenvalue weighted by Gasteiger charge is -2.22. The number of fused-ring (bicyclic) bond motifs is 2. The van der Waals surface area contributed by atoms with Crippen LogP contribution in [0.5, 0.6) is 0 Å². The maximum absolute atomic E-state index is 10.6. The van der Waals surface area contributed by atoms with Crippen LogP contribution in [0.2, 0.25) is 0 Å². The van der Waals surface area contributed by atoms with Crippen molar-refractivity contribution in [3.05, 3.63) is 23.9 Å². The Kier molecular flexibility index (Phi) is 7.04. The van der Waals surface area contributed by atoms with Gasteiger partial charge in [0.25, 0.3) is 0 Å². The monoisotopic (exact) mass is 422 g/mol. The fourth-order valence-corrected chi connectivity index (χ4v) is 4.71. The third-order valence-corrected chi connectivity index (χ3v) is 6.58. The highest BCUT2D eigenvalue weighted by atomic mass is 16.3. The van der Waals surface area contributed by atoms with Gasteiger partial charge in [-0.1, -0.05) is 57.9 Å². The molecule has 31 heavy (non-hydrogen) atoms. The van der Waals surface area contributed by atoms with Gasteiger partial charge in [0, 0.05) is 6.42 Å². The van der Waals surface area contributed by atoms with Gasteiger partial charge in [0.1, 0.15) is 17.3 Å². The molecule has 2 saturated carbocycles. The number of nitrogens with zero attached hydrogens (tertiary/aromatic N) is 4. The fourth-order valence-electron chi connectivity index (χ4n) is 4.71. The van der Waals surface area contributed by atoms with Gasteiger partial charge in [-0.15, -0.1) is 0 Å². The highest BCUT2D eigenvalue weighted by Gasteiger charge is 2.60. The number of hydrogen-bond acceptors (Lipinski definition) is 5. The van der Waals surface area contributed by atoms with Crippen LogP contribution in [0.3, 0.4) is 0 Å². The molecule has 166 valence electrons. The first-order chi connectivity index (χ1) is 15.2. The van der Waals surface area contributed by atoms with Gasteiger partial charge in [-0.3, -0.25) is 0 Å². The Hall–Kier alpha value is -2.23. The van der Waals surface area contributed by atoms with Gasteiger partial charge in [-0.25, -0.2) is 15.0 Å². The molecule has 0 radical (unpaired) electrons. The lowest BCUT2D eigenvalue weighted by Crippen LogP contribution is -2.31. The molecule has 0 bridgehead atoms. The average Bonchev–Trinajstić information content (AvgIpc) is 3.38. The zero-order chi connectivity index (χ0) is 21.8. The molecule has 0 spiro atoms. The number of imidazole rings is 1. The first-order valence-corrected chi connectivity index (χ1v) is 11.9. The number of rotatable bonds is 9. The van der Waals surface area contributed by atoms with Crippen LogP contribution < -0.4 is 0 Å². The molecule has 5 atom stereocenters. The van der Waals surface area contributed by atoms with E-state index in [0.717, 1.165) is 38.5 Å². The maximum Gasteiger partial charge on any atom is 0.165 e. The predicted molar refractivity (Wildman–Crippen MR) is 122 cm³/mol. The molecule has 2 aromatic heterocycles. The van der Waals surface area contributed by atoms with Crippen LogP contribution in [0.15, 0.2) is 12.4 Å². The number of aromatic nitrogens is 4. The number of allylic oxidation sites excluding steroid dienone is 1. The molecule has 0 aromatic carbocycles. The molecule has 0 aliphatic heterocycles. The van der Waals surface area contributed by atoms with E-state index in [1.165, 1.54) is 19.3 Å². The molecule has 2 aromatic rings. The summed E-state index contributed by atoms with van der Waals surface area (Å²) in [5.41, 5.74) is 2.02. The Labute approximate surface area is 184 Å². The zero-order valence-corrected chi connectivity index (χ0v) is 18.7. The normalized spacial score (nSPS) is 26.9. The summed E-state index contributed by atoms with van der Waals surface area (Å²) in [6.45, 7) is 4.38. The van der Waals surface area contributed by atoms with Crippen molar-refractivity contribution in [2.45, 2.75) is 89.9 Å². The minimum atomic E-state index is -0.784. The first-order valence-electron chi connectivity index (χ1n) is 11.9. The number of aliphatic hydroxyl groups is 2. The summed E-state index contributed by atoms with van der Waals surface area (Å²) in [6, 6.07) is -0.188. The van der Waals surface area contributed by atoms with E-state index in [1.54, 1.807) is 6.33 Å². The third-order valence-electron chi connectivity index (χ3n) is 6.58. The molecule has 2 aliphatic rings. The van der Waals surface area contributed by atoms with Crippen molar-refractivity contribution in [2.24, 2.45) is 11.8 Å². The molecular weight excluding hydrogens is 388 g/mol. The van der Waals surface area contributed by atoms with E-state index in [2.05, 4.69) is 41.7 Å². The summed E-state index contributed by atoms with van der Waals surface area (Å²) in [5.74, 6) is 7.60. The zero-order valence-electron chi connectivity index (χ0n) is 18.7. The maximum atomic E-state index is 10.6. The molecule has 0 saturated heterocycles. The van der Waals surface area contributed by atoms with E-state index < -0.39 is 12.2 Å². The minimum Gasteiger partial charge on any atom is -0.390 e. The lowest BCUT2D eigenvalue weighted by molar-refractivity contribution is 0.00386. The number of hydrogen-bond donors (Lipinski definition) is 2. The summed E-state index contributed by atoms with van der Waals surface area (Å²) >= 11 is 0. The fraction of sp³-hybridized carbons (Fsp3) is 0.640. The van der Waals surface area contributed by atoms with Crippen LogP contribution in [-0.2, 0) is 0 Å². The predicted octanol–water partition coefficient (Wildman–Crippen LogP) is 4.26. The van der Waals surface area contributed by atoms with E-state index in [0.29, 0.717) is 22.7 Å². The second-order valence-corrected chi connectivity index (χ2v) is 8.95. The van der Waals surface area contributed by atoms with Crippen molar-refractivity contribution in [1.29, 1.82) is 0 Å². The van der Waals surface area contributed by atoms with Crippen molar-refractivity contribution in [1.82, 2.24) is 19.5 Å². The topological polar surface area (TPSA) is 84.1 Å². The van der Waals surface area contributed by atoms with Crippen molar-refractivity contribution in [3.8, 4) is 11.8 Å². The summed E-state index contributed by atoms with van der Waals surface area (Å²) in [6.07, 6.45) is 14.2. The highest BCUT2D eigenvalue weighted by Crippen LogP contribution is 2.57. The summed E-state index contributed by atoms with van der Waals surface area (Å²) in [7, 11) is 0. The van der Waals surface area contributed by atoms with E-state index in [-0.39, 0.29) is 17.9 Å². The summed E-state index contributed by atoms with van der Waals surface area (Å²) in [5, 5.41) is 20.9. The van der Waals surface area contributed by atoms with Crippen LogP contribution in [0.4, 0.5) is 0 Å². The Morgan fingerprint density at radius 3 is 2.65 bits per heavy atom. The van der Waals surface area contributed by atoms with Crippen LogP contribution in [-0.4, -0.2) is 41.9 Å². The summed E-state index contributed by atoms with van der Waals surface area (Å²) < 4.78 is 1.94. The number of aliphatic hydroxyl groups excluding tert-OH is 2. The molecule has 4 rings (SSSR count). The smallest absolute Gasteiger partial charge is 0.165 e. The van der Waals surface area contributed by atoms with E-state index >= 15 is 0 Å².